The Balaban J connectivity index is 0.00000145. The molecule has 192 valence electrons. The number of aliphatic imine (C=N–C) groups is 1. The van der Waals surface area contributed by atoms with Crippen LogP contribution in [-0.2, 0) is 14.9 Å². The van der Waals surface area contributed by atoms with Crippen molar-refractivity contribution in [1.29, 1.82) is 0 Å². The van der Waals surface area contributed by atoms with Crippen molar-refractivity contribution >= 4 is 27.4 Å². The van der Waals surface area contributed by atoms with Gasteiger partial charge in [-0.1, -0.05) is 75.2 Å². The maximum absolute atomic E-state index is 12.9. The summed E-state index contributed by atoms with van der Waals surface area (Å²) in [6.45, 7) is 13.6. The maximum Gasteiger partial charge on any atom is 0.321 e. The second-order valence-electron chi connectivity index (χ2n) is 7.45. The molecule has 0 fully saturated rings. The molecule has 0 bridgehead atoms. The molecule has 0 amide bonds. The van der Waals surface area contributed by atoms with Crippen molar-refractivity contribution < 1.29 is 18.3 Å². The fourth-order valence-electron chi connectivity index (χ4n) is 3.10. The molecule has 0 radical (unpaired) electrons. The number of benzene rings is 2. The van der Waals surface area contributed by atoms with Crippen molar-refractivity contribution in [3.05, 3.63) is 82.7 Å². The Morgan fingerprint density at radius 3 is 1.97 bits per heavy atom. The highest BCUT2D eigenvalue weighted by Gasteiger charge is 2.23. The van der Waals surface area contributed by atoms with E-state index in [1.807, 2.05) is 84.9 Å². The smallest absolute Gasteiger partial charge is 0.321 e. The van der Waals surface area contributed by atoms with Gasteiger partial charge < -0.3 is 9.84 Å². The minimum Gasteiger partial charge on any atom is -0.475 e. The van der Waals surface area contributed by atoms with Crippen molar-refractivity contribution in [2.24, 2.45) is 4.99 Å². The quantitative estimate of drug-likeness (QED) is 0.451. The number of aryl methyl sites for hydroxylation is 2. The van der Waals surface area contributed by atoms with Crippen molar-refractivity contribution in [2.45, 2.75) is 54.9 Å². The van der Waals surface area contributed by atoms with Crippen molar-refractivity contribution in [3.8, 4) is 0 Å². The molecule has 2 aromatic carbocycles. The average molecular weight is 502 g/mol. The van der Waals surface area contributed by atoms with E-state index < -0.39 is 10.2 Å². The fraction of sp³-hybridized carbons (Fsp3) is 0.370. The van der Waals surface area contributed by atoms with E-state index >= 15 is 0 Å². The Morgan fingerprint density at radius 1 is 0.886 bits per heavy atom. The second-order valence-corrected chi connectivity index (χ2v) is 8.87. The van der Waals surface area contributed by atoms with Gasteiger partial charge in [-0.15, -0.1) is 0 Å². The van der Waals surface area contributed by atoms with Gasteiger partial charge in [0.25, 0.3) is 0 Å². The zero-order valence-electron chi connectivity index (χ0n) is 21.8. The Hall–Kier alpha value is -3.10. The van der Waals surface area contributed by atoms with Crippen LogP contribution in [0.1, 0.15) is 57.7 Å². The van der Waals surface area contributed by atoms with Crippen LogP contribution < -0.4 is 9.44 Å². The lowest BCUT2D eigenvalue weighted by atomic mass is 10.00. The van der Waals surface area contributed by atoms with Crippen molar-refractivity contribution in [2.75, 3.05) is 17.9 Å². The topological polar surface area (TPSA) is 100 Å². The number of hydrogen-bond donors (Lipinski definition) is 3. The summed E-state index contributed by atoms with van der Waals surface area (Å²) in [6.07, 6.45) is 1.99. The minimum absolute atomic E-state index is 0.0444. The monoisotopic (exact) mass is 501 g/mol. The van der Waals surface area contributed by atoms with Crippen LogP contribution in [0.15, 0.2) is 71.0 Å². The number of hydrogen-bond acceptors (Lipinski definition) is 5. The number of aliphatic hydroxyl groups excluding tert-OH is 1. The minimum atomic E-state index is -3.92. The standard InChI is InChI=1S/C23H27N3O4S.2C2H6/c1-16-4-8-19(9-5-16)22-21(14-18(3)15-24-23(22)30-13-12-27)26-31(28,29)25-20-10-6-17(2)7-11-20;2*1-2/h4-11,15,25-27H,12-14H2,1-3H3;2*1-2H3. The molecule has 35 heavy (non-hydrogen) atoms. The maximum atomic E-state index is 12.9. The van der Waals surface area contributed by atoms with E-state index in [-0.39, 0.29) is 19.1 Å². The van der Waals surface area contributed by atoms with Crippen molar-refractivity contribution in [3.63, 3.8) is 0 Å². The van der Waals surface area contributed by atoms with E-state index in [0.717, 1.165) is 22.3 Å². The third-order valence-corrected chi connectivity index (χ3v) is 5.62. The first-order chi connectivity index (χ1) is 16.8. The van der Waals surface area contributed by atoms with Gasteiger partial charge in [0.1, 0.15) is 6.61 Å². The van der Waals surface area contributed by atoms with Gasteiger partial charge in [0.15, 0.2) is 0 Å². The Bertz CT molecular complexity index is 1120. The molecule has 8 heteroatoms. The van der Waals surface area contributed by atoms with Gasteiger partial charge in [0.05, 0.1) is 17.9 Å². The third kappa shape index (κ3) is 9.58. The van der Waals surface area contributed by atoms with Crippen LogP contribution >= 0.6 is 0 Å². The Morgan fingerprint density at radius 2 is 1.43 bits per heavy atom. The van der Waals surface area contributed by atoms with Crippen LogP contribution in [-0.4, -0.2) is 32.6 Å². The molecule has 3 rings (SSSR count). The molecular weight excluding hydrogens is 462 g/mol. The van der Waals surface area contributed by atoms with Gasteiger partial charge in [0, 0.05) is 18.3 Å². The van der Waals surface area contributed by atoms with Gasteiger partial charge in [-0.25, -0.2) is 4.99 Å². The summed E-state index contributed by atoms with van der Waals surface area (Å²) in [7, 11) is -3.92. The van der Waals surface area contributed by atoms with Crippen LogP contribution in [0.3, 0.4) is 0 Å². The first-order valence-electron chi connectivity index (χ1n) is 11.9. The molecule has 0 aliphatic carbocycles. The number of ether oxygens (including phenoxy) is 1. The highest BCUT2D eigenvalue weighted by atomic mass is 32.2. The van der Waals surface area contributed by atoms with E-state index in [9.17, 15) is 13.5 Å². The molecule has 0 atom stereocenters. The molecule has 3 N–H and O–H groups in total. The lowest BCUT2D eigenvalue weighted by molar-refractivity contribution is 0.195. The van der Waals surface area contributed by atoms with E-state index in [0.29, 0.717) is 23.4 Å². The van der Waals surface area contributed by atoms with Crippen LogP contribution in [0, 0.1) is 13.8 Å². The summed E-state index contributed by atoms with van der Waals surface area (Å²) in [5.74, 6) is 0.253. The van der Waals surface area contributed by atoms with Gasteiger partial charge in [0.2, 0.25) is 5.90 Å². The zero-order chi connectivity index (χ0) is 26.4. The Labute approximate surface area is 210 Å². The van der Waals surface area contributed by atoms with Gasteiger partial charge >= 0.3 is 10.2 Å². The number of rotatable bonds is 7. The lowest BCUT2D eigenvalue weighted by Gasteiger charge is -2.19. The number of allylic oxidation sites excluding steroid dienone is 1. The number of anilines is 1. The highest BCUT2D eigenvalue weighted by Crippen LogP contribution is 2.28. The van der Waals surface area contributed by atoms with Gasteiger partial charge in [-0.2, -0.15) is 8.42 Å². The fourth-order valence-corrected chi connectivity index (χ4v) is 4.09. The first-order valence-corrected chi connectivity index (χ1v) is 13.4. The lowest BCUT2D eigenvalue weighted by Crippen LogP contribution is -2.31. The molecule has 2 aromatic rings. The summed E-state index contributed by atoms with van der Waals surface area (Å²) < 4.78 is 36.8. The van der Waals surface area contributed by atoms with Gasteiger partial charge in [-0.05, 0) is 44.0 Å². The molecule has 1 heterocycles. The molecule has 0 aromatic heterocycles. The summed E-state index contributed by atoms with van der Waals surface area (Å²) in [4.78, 5) is 4.40. The van der Waals surface area contributed by atoms with E-state index in [4.69, 9.17) is 4.74 Å². The van der Waals surface area contributed by atoms with E-state index in [2.05, 4.69) is 14.4 Å². The summed E-state index contributed by atoms with van der Waals surface area (Å²) >= 11 is 0. The van der Waals surface area contributed by atoms with Crippen molar-refractivity contribution in [1.82, 2.24) is 4.72 Å². The first kappa shape index (κ1) is 29.9. The second kappa shape index (κ2) is 15.0. The van der Waals surface area contributed by atoms with Crippen LogP contribution in [0.25, 0.3) is 5.57 Å². The van der Waals surface area contributed by atoms with E-state index in [1.54, 1.807) is 18.3 Å². The normalized spacial score (nSPS) is 13.1. The largest absolute Gasteiger partial charge is 0.475 e. The van der Waals surface area contributed by atoms with Crippen LogP contribution in [0.5, 0.6) is 0 Å². The molecular formula is C27H39N3O4S. The number of nitrogens with zero attached hydrogens (tertiary/aromatic N) is 1. The molecule has 0 spiro atoms. The third-order valence-electron chi connectivity index (χ3n) is 4.61. The summed E-state index contributed by atoms with van der Waals surface area (Å²) in [6, 6.07) is 14.7. The molecule has 1 aliphatic rings. The predicted molar refractivity (Wildman–Crippen MR) is 146 cm³/mol. The molecule has 0 saturated heterocycles. The average Bonchev–Trinajstić information content (AvgIpc) is 3.00. The predicted octanol–water partition coefficient (Wildman–Crippen LogP) is 5.73. The molecule has 0 saturated carbocycles. The zero-order valence-corrected chi connectivity index (χ0v) is 22.7. The number of aliphatic hydroxyl groups is 1. The van der Waals surface area contributed by atoms with Gasteiger partial charge in [-0.3, -0.25) is 9.44 Å². The van der Waals surface area contributed by atoms with E-state index in [1.165, 1.54) is 0 Å². The summed E-state index contributed by atoms with van der Waals surface area (Å²) in [5.41, 5.74) is 5.17. The number of nitrogens with one attached hydrogen (secondary N) is 2. The molecule has 0 unspecified atom stereocenters. The highest BCUT2D eigenvalue weighted by molar-refractivity contribution is 7.90. The molecule has 1 aliphatic heterocycles. The summed E-state index contributed by atoms with van der Waals surface area (Å²) in [5, 5.41) is 9.22. The molecule has 7 nitrogen and oxygen atoms in total. The SMILES string of the molecule is CC.CC.CC1=CN=C(OCCO)C(c2ccc(C)cc2)=C(NS(=O)(=O)Nc2ccc(C)cc2)C1. The van der Waals surface area contributed by atoms with Crippen LogP contribution in [0.2, 0.25) is 0 Å². The van der Waals surface area contributed by atoms with Crippen LogP contribution in [0.4, 0.5) is 5.69 Å². The Kier molecular flexibility index (Phi) is 12.8.